The molecule has 26 heavy (non-hydrogen) atoms. The van der Waals surface area contributed by atoms with E-state index < -0.39 is 0 Å². The summed E-state index contributed by atoms with van der Waals surface area (Å²) >= 11 is 0. The Morgan fingerprint density at radius 3 is 2.12 bits per heavy atom. The monoisotopic (exact) mass is 355 g/mol. The van der Waals surface area contributed by atoms with E-state index in [1.165, 1.54) is 5.56 Å². The van der Waals surface area contributed by atoms with Gasteiger partial charge in [-0.15, -0.1) is 0 Å². The molecule has 2 aromatic carbocycles. The van der Waals surface area contributed by atoms with E-state index in [9.17, 15) is 9.59 Å². The maximum Gasteiger partial charge on any atom is 0.319 e. The van der Waals surface area contributed by atoms with Gasteiger partial charge in [-0.05, 0) is 75.2 Å². The summed E-state index contributed by atoms with van der Waals surface area (Å²) in [6, 6.07) is 12.4. The number of rotatable bonds is 6. The lowest BCUT2D eigenvalue weighted by atomic mass is 10.1. The van der Waals surface area contributed by atoms with Crippen LogP contribution in [0.4, 0.5) is 16.2 Å². The zero-order chi connectivity index (χ0) is 19.1. The van der Waals surface area contributed by atoms with Crippen LogP contribution in [0.15, 0.2) is 42.5 Å². The molecular formula is C20H25N3O3. The third-order valence-corrected chi connectivity index (χ3v) is 3.69. The van der Waals surface area contributed by atoms with E-state index in [1.807, 2.05) is 45.9 Å². The first-order chi connectivity index (χ1) is 12.3. The summed E-state index contributed by atoms with van der Waals surface area (Å²) < 4.78 is 5.51. The van der Waals surface area contributed by atoms with E-state index >= 15 is 0 Å². The van der Waals surface area contributed by atoms with Crippen LogP contribution in [-0.4, -0.2) is 24.6 Å². The van der Waals surface area contributed by atoms with Gasteiger partial charge in [0.25, 0.3) is 5.91 Å². The van der Waals surface area contributed by atoms with Crippen molar-refractivity contribution in [2.75, 3.05) is 17.2 Å². The van der Waals surface area contributed by atoms with Crippen LogP contribution in [0.1, 0.15) is 25.0 Å². The Bertz CT molecular complexity index is 770. The summed E-state index contributed by atoms with van der Waals surface area (Å²) in [5.41, 5.74) is 3.58. The minimum atomic E-state index is -0.265. The van der Waals surface area contributed by atoms with Crippen LogP contribution < -0.4 is 20.7 Å². The number of benzene rings is 2. The first kappa shape index (κ1) is 19.3. The fraction of sp³-hybridized carbons (Fsp3) is 0.300. The van der Waals surface area contributed by atoms with Crippen molar-refractivity contribution in [3.8, 4) is 5.75 Å². The summed E-state index contributed by atoms with van der Waals surface area (Å²) in [6.07, 6.45) is 0. The van der Waals surface area contributed by atoms with Gasteiger partial charge < -0.3 is 20.7 Å². The van der Waals surface area contributed by atoms with Crippen molar-refractivity contribution in [2.24, 2.45) is 0 Å². The lowest BCUT2D eigenvalue weighted by Crippen LogP contribution is -2.34. The Morgan fingerprint density at radius 1 is 0.923 bits per heavy atom. The topological polar surface area (TPSA) is 79.5 Å². The molecule has 0 aliphatic rings. The summed E-state index contributed by atoms with van der Waals surface area (Å²) in [7, 11) is 0. The molecule has 2 rings (SSSR count). The molecule has 0 radical (unpaired) electrons. The second-order valence-electron chi connectivity index (χ2n) is 6.41. The van der Waals surface area contributed by atoms with Gasteiger partial charge in [0.15, 0.2) is 6.61 Å². The smallest absolute Gasteiger partial charge is 0.319 e. The fourth-order valence-electron chi connectivity index (χ4n) is 2.22. The second-order valence-corrected chi connectivity index (χ2v) is 6.41. The average Bonchev–Trinajstić information content (AvgIpc) is 2.57. The van der Waals surface area contributed by atoms with Gasteiger partial charge in [-0.3, -0.25) is 4.79 Å². The zero-order valence-electron chi connectivity index (χ0n) is 15.6. The number of hydrogen-bond acceptors (Lipinski definition) is 3. The van der Waals surface area contributed by atoms with Crippen molar-refractivity contribution in [1.29, 1.82) is 0 Å². The van der Waals surface area contributed by atoms with Crippen molar-refractivity contribution >= 4 is 23.3 Å². The van der Waals surface area contributed by atoms with Gasteiger partial charge in [0.1, 0.15) is 5.75 Å². The van der Waals surface area contributed by atoms with Gasteiger partial charge in [0.2, 0.25) is 0 Å². The van der Waals surface area contributed by atoms with E-state index in [-0.39, 0.29) is 24.6 Å². The molecule has 6 heteroatoms. The minimum Gasteiger partial charge on any atom is -0.484 e. The van der Waals surface area contributed by atoms with Crippen LogP contribution in [-0.2, 0) is 4.79 Å². The maximum atomic E-state index is 12.0. The molecule has 2 aromatic rings. The molecule has 0 aliphatic carbocycles. The minimum absolute atomic E-state index is 0.0610. The number of urea groups is 1. The highest BCUT2D eigenvalue weighted by molar-refractivity contribution is 5.93. The first-order valence-corrected chi connectivity index (χ1v) is 8.51. The number of nitrogens with one attached hydrogen (secondary N) is 3. The quantitative estimate of drug-likeness (QED) is 0.736. The molecule has 0 atom stereocenters. The Balaban J connectivity index is 1.83. The summed E-state index contributed by atoms with van der Waals surface area (Å²) in [6.45, 7) is 7.73. The van der Waals surface area contributed by atoms with Gasteiger partial charge in [0.05, 0.1) is 0 Å². The number of amides is 3. The highest BCUT2D eigenvalue weighted by Crippen LogP contribution is 2.17. The summed E-state index contributed by atoms with van der Waals surface area (Å²) in [5, 5.41) is 8.22. The van der Waals surface area contributed by atoms with Crippen LogP contribution in [0, 0.1) is 13.8 Å². The van der Waals surface area contributed by atoms with Crippen LogP contribution in [0.5, 0.6) is 5.75 Å². The third-order valence-electron chi connectivity index (χ3n) is 3.69. The lowest BCUT2D eigenvalue weighted by Gasteiger charge is -2.11. The van der Waals surface area contributed by atoms with Crippen LogP contribution in [0.25, 0.3) is 0 Å². The molecule has 0 unspecified atom stereocenters. The van der Waals surface area contributed by atoms with Crippen molar-refractivity contribution in [3.05, 3.63) is 53.6 Å². The lowest BCUT2D eigenvalue weighted by molar-refractivity contribution is -0.118. The highest BCUT2D eigenvalue weighted by Gasteiger charge is 2.06. The van der Waals surface area contributed by atoms with Gasteiger partial charge in [-0.1, -0.05) is 6.07 Å². The highest BCUT2D eigenvalue weighted by atomic mass is 16.5. The molecule has 0 saturated heterocycles. The van der Waals surface area contributed by atoms with E-state index in [4.69, 9.17) is 4.74 Å². The molecule has 0 fully saturated rings. The first-order valence-electron chi connectivity index (χ1n) is 8.51. The Morgan fingerprint density at radius 2 is 1.54 bits per heavy atom. The van der Waals surface area contributed by atoms with Crippen molar-refractivity contribution < 1.29 is 14.3 Å². The molecule has 0 heterocycles. The van der Waals surface area contributed by atoms with Crippen LogP contribution in [0.2, 0.25) is 0 Å². The largest absolute Gasteiger partial charge is 0.484 e. The molecule has 6 nitrogen and oxygen atoms in total. The predicted molar refractivity (Wildman–Crippen MR) is 104 cm³/mol. The third kappa shape index (κ3) is 6.12. The predicted octanol–water partition coefficient (Wildman–Crippen LogP) is 3.85. The van der Waals surface area contributed by atoms with Gasteiger partial charge in [0, 0.05) is 17.4 Å². The van der Waals surface area contributed by atoms with Crippen molar-refractivity contribution in [2.45, 2.75) is 33.7 Å². The number of ether oxygens (including phenoxy) is 1. The van der Waals surface area contributed by atoms with Crippen molar-refractivity contribution in [3.63, 3.8) is 0 Å². The molecular weight excluding hydrogens is 330 g/mol. The number of carbonyl (C=O) groups excluding carboxylic acids is 2. The molecule has 3 N–H and O–H groups in total. The second kappa shape index (κ2) is 8.89. The van der Waals surface area contributed by atoms with E-state index in [0.717, 1.165) is 5.56 Å². The maximum absolute atomic E-state index is 12.0. The molecule has 138 valence electrons. The van der Waals surface area contributed by atoms with Crippen molar-refractivity contribution in [1.82, 2.24) is 5.32 Å². The van der Waals surface area contributed by atoms with Crippen LogP contribution >= 0.6 is 0 Å². The Hall–Kier alpha value is -3.02. The molecule has 0 aromatic heterocycles. The average molecular weight is 355 g/mol. The van der Waals surface area contributed by atoms with Gasteiger partial charge in [-0.2, -0.15) is 0 Å². The van der Waals surface area contributed by atoms with Crippen LogP contribution in [0.3, 0.4) is 0 Å². The van der Waals surface area contributed by atoms with Gasteiger partial charge in [-0.25, -0.2) is 4.79 Å². The van der Waals surface area contributed by atoms with E-state index in [0.29, 0.717) is 17.1 Å². The fourth-order valence-corrected chi connectivity index (χ4v) is 2.22. The molecule has 0 saturated carbocycles. The number of carbonyl (C=O) groups is 2. The summed E-state index contributed by atoms with van der Waals surface area (Å²) in [4.78, 5) is 23.6. The SMILES string of the molecule is Cc1ccc(OCC(=O)Nc2ccc(NC(=O)NC(C)C)cc2)cc1C. The normalized spacial score (nSPS) is 10.3. The number of hydrogen-bond donors (Lipinski definition) is 3. The zero-order valence-corrected chi connectivity index (χ0v) is 15.6. The molecule has 0 spiro atoms. The summed E-state index contributed by atoms with van der Waals surface area (Å²) in [5.74, 6) is 0.417. The molecule has 3 amide bonds. The number of anilines is 2. The standard InChI is InChI=1S/C20H25N3O3/c1-13(2)21-20(25)23-17-8-6-16(7-9-17)22-19(24)12-26-18-10-5-14(3)15(4)11-18/h5-11,13H,12H2,1-4H3,(H,22,24)(H2,21,23,25). The molecule has 0 bridgehead atoms. The molecule has 0 aliphatic heterocycles. The van der Waals surface area contributed by atoms with E-state index in [2.05, 4.69) is 16.0 Å². The van der Waals surface area contributed by atoms with E-state index in [1.54, 1.807) is 24.3 Å². The Labute approximate surface area is 153 Å². The van der Waals surface area contributed by atoms with Gasteiger partial charge >= 0.3 is 6.03 Å². The number of aryl methyl sites for hydroxylation is 2. The Kier molecular flexibility index (Phi) is 6.60.